The van der Waals surface area contributed by atoms with Crippen molar-refractivity contribution in [2.24, 2.45) is 0 Å². The number of nitrogens with zero attached hydrogens (tertiary/aromatic N) is 2. The Labute approximate surface area is 120 Å². The quantitative estimate of drug-likeness (QED) is 0.635. The fourth-order valence-electron chi connectivity index (χ4n) is 1.56. The predicted octanol–water partition coefficient (Wildman–Crippen LogP) is 3.70. The van der Waals surface area contributed by atoms with Gasteiger partial charge in [-0.3, -0.25) is 10.1 Å². The first-order valence-electron chi connectivity index (χ1n) is 5.66. The summed E-state index contributed by atoms with van der Waals surface area (Å²) in [4.78, 5) is 10.2. The smallest absolute Gasteiger partial charge is 0.291 e. The van der Waals surface area contributed by atoms with Gasteiger partial charge in [0.05, 0.1) is 22.6 Å². The number of hydrogen-bond donors (Lipinski definition) is 0. The van der Waals surface area contributed by atoms with Crippen molar-refractivity contribution in [2.45, 2.75) is 6.61 Å². The van der Waals surface area contributed by atoms with Gasteiger partial charge >= 0.3 is 0 Å². The van der Waals surface area contributed by atoms with Gasteiger partial charge in [-0.1, -0.05) is 23.7 Å². The molecule has 100 valence electrons. The number of nitriles is 1. The molecule has 0 aliphatic rings. The molecule has 0 aliphatic heterocycles. The molecule has 5 nitrogen and oxygen atoms in total. The predicted molar refractivity (Wildman–Crippen MR) is 73.6 cm³/mol. The van der Waals surface area contributed by atoms with E-state index in [-0.39, 0.29) is 17.3 Å². The van der Waals surface area contributed by atoms with Crippen LogP contribution >= 0.6 is 11.6 Å². The van der Waals surface area contributed by atoms with Gasteiger partial charge in [0.15, 0.2) is 0 Å². The summed E-state index contributed by atoms with van der Waals surface area (Å²) in [5.41, 5.74) is 1.24. The number of benzene rings is 2. The fourth-order valence-corrected chi connectivity index (χ4v) is 1.75. The highest BCUT2D eigenvalue weighted by molar-refractivity contribution is 6.32. The van der Waals surface area contributed by atoms with Gasteiger partial charge in [0.1, 0.15) is 17.4 Å². The summed E-state index contributed by atoms with van der Waals surface area (Å²) in [5, 5.41) is 19.5. The molecular weight excluding hydrogens is 280 g/mol. The van der Waals surface area contributed by atoms with Gasteiger partial charge < -0.3 is 4.74 Å². The number of nitro benzene ring substituents is 1. The first kappa shape index (κ1) is 13.8. The van der Waals surface area contributed by atoms with Gasteiger partial charge in [0, 0.05) is 0 Å². The van der Waals surface area contributed by atoms with Crippen LogP contribution in [0.25, 0.3) is 0 Å². The molecular formula is C14H9ClN2O3. The summed E-state index contributed by atoms with van der Waals surface area (Å²) in [6.45, 7) is 0.254. The van der Waals surface area contributed by atoms with E-state index >= 15 is 0 Å². The Balaban J connectivity index is 2.09. The van der Waals surface area contributed by atoms with Crippen LogP contribution < -0.4 is 4.74 Å². The van der Waals surface area contributed by atoms with Gasteiger partial charge in [0.2, 0.25) is 0 Å². The monoisotopic (exact) mass is 288 g/mol. The van der Waals surface area contributed by atoms with Crippen molar-refractivity contribution in [3.8, 4) is 11.8 Å². The molecule has 0 amide bonds. The van der Waals surface area contributed by atoms with Crippen LogP contribution in [0, 0.1) is 21.4 Å². The Morgan fingerprint density at radius 2 is 1.95 bits per heavy atom. The SMILES string of the molecule is N#Cc1ccc(COc2ccc(Cl)c([N+](=O)[O-])c2)cc1. The van der Waals surface area contributed by atoms with E-state index in [2.05, 4.69) is 0 Å². The van der Waals surface area contributed by atoms with Crippen LogP contribution in [-0.2, 0) is 6.61 Å². The van der Waals surface area contributed by atoms with Gasteiger partial charge in [-0.05, 0) is 29.8 Å². The maximum Gasteiger partial charge on any atom is 0.291 e. The van der Waals surface area contributed by atoms with E-state index in [4.69, 9.17) is 21.6 Å². The van der Waals surface area contributed by atoms with E-state index in [1.807, 2.05) is 6.07 Å². The van der Waals surface area contributed by atoms with Crippen molar-refractivity contribution >= 4 is 17.3 Å². The minimum absolute atomic E-state index is 0.0701. The van der Waals surface area contributed by atoms with E-state index in [9.17, 15) is 10.1 Å². The first-order chi connectivity index (χ1) is 9.60. The number of rotatable bonds is 4. The van der Waals surface area contributed by atoms with E-state index in [1.54, 1.807) is 30.3 Å². The second-order valence-electron chi connectivity index (χ2n) is 3.97. The number of halogens is 1. The van der Waals surface area contributed by atoms with Crippen LogP contribution in [0.5, 0.6) is 5.75 Å². The summed E-state index contributed by atoms with van der Waals surface area (Å²) in [6.07, 6.45) is 0. The number of nitro groups is 1. The van der Waals surface area contributed by atoms with Gasteiger partial charge in [-0.2, -0.15) is 5.26 Å². The van der Waals surface area contributed by atoms with Gasteiger partial charge in [-0.15, -0.1) is 0 Å². The lowest BCUT2D eigenvalue weighted by Crippen LogP contribution is -1.97. The molecule has 20 heavy (non-hydrogen) atoms. The standard InChI is InChI=1S/C14H9ClN2O3/c15-13-6-5-12(7-14(13)17(18)19)20-9-11-3-1-10(8-16)2-4-11/h1-7H,9H2. The lowest BCUT2D eigenvalue weighted by atomic mass is 10.1. The molecule has 0 unspecified atom stereocenters. The molecule has 2 aromatic carbocycles. The summed E-state index contributed by atoms with van der Waals surface area (Å²) >= 11 is 5.71. The van der Waals surface area contributed by atoms with Gasteiger partial charge in [-0.25, -0.2) is 0 Å². The molecule has 6 heteroatoms. The summed E-state index contributed by atoms with van der Waals surface area (Å²) < 4.78 is 5.47. The molecule has 0 radical (unpaired) electrons. The van der Waals surface area contributed by atoms with Crippen LogP contribution in [0.1, 0.15) is 11.1 Å². The molecule has 0 saturated carbocycles. The third kappa shape index (κ3) is 3.25. The number of hydrogen-bond acceptors (Lipinski definition) is 4. The zero-order chi connectivity index (χ0) is 14.5. The van der Waals surface area contributed by atoms with Crippen LogP contribution in [0.2, 0.25) is 5.02 Å². The van der Waals surface area contributed by atoms with Crippen molar-refractivity contribution in [1.82, 2.24) is 0 Å². The zero-order valence-electron chi connectivity index (χ0n) is 10.2. The van der Waals surface area contributed by atoms with Crippen LogP contribution in [-0.4, -0.2) is 4.92 Å². The van der Waals surface area contributed by atoms with Crippen molar-refractivity contribution in [3.63, 3.8) is 0 Å². The summed E-state index contributed by atoms with van der Waals surface area (Å²) in [6, 6.07) is 13.2. The highest BCUT2D eigenvalue weighted by atomic mass is 35.5. The largest absolute Gasteiger partial charge is 0.489 e. The van der Waals surface area contributed by atoms with E-state index in [1.165, 1.54) is 12.1 Å². The fraction of sp³-hybridized carbons (Fsp3) is 0.0714. The third-order valence-corrected chi connectivity index (χ3v) is 2.92. The average molecular weight is 289 g/mol. The molecule has 0 atom stereocenters. The second kappa shape index (κ2) is 6.04. The van der Waals surface area contributed by atoms with Crippen molar-refractivity contribution < 1.29 is 9.66 Å². The Bertz CT molecular complexity index is 678. The van der Waals surface area contributed by atoms with Gasteiger partial charge in [0.25, 0.3) is 5.69 Å². The molecule has 0 bridgehead atoms. The average Bonchev–Trinajstić information content (AvgIpc) is 2.46. The molecule has 0 fully saturated rings. The Morgan fingerprint density at radius 3 is 2.55 bits per heavy atom. The molecule has 0 aliphatic carbocycles. The topological polar surface area (TPSA) is 76.2 Å². The molecule has 0 saturated heterocycles. The zero-order valence-corrected chi connectivity index (χ0v) is 11.0. The van der Waals surface area contributed by atoms with E-state index in [0.29, 0.717) is 11.3 Å². The maximum absolute atomic E-state index is 10.8. The van der Waals surface area contributed by atoms with Crippen molar-refractivity contribution in [1.29, 1.82) is 5.26 Å². The summed E-state index contributed by atoms with van der Waals surface area (Å²) in [7, 11) is 0. The van der Waals surface area contributed by atoms with Crippen LogP contribution in [0.3, 0.4) is 0 Å². The van der Waals surface area contributed by atoms with Crippen molar-refractivity contribution in [3.05, 3.63) is 68.7 Å². The Kier molecular flexibility index (Phi) is 4.18. The number of ether oxygens (including phenoxy) is 1. The Morgan fingerprint density at radius 1 is 1.25 bits per heavy atom. The lowest BCUT2D eigenvalue weighted by Gasteiger charge is -2.06. The van der Waals surface area contributed by atoms with Crippen LogP contribution in [0.15, 0.2) is 42.5 Å². The third-order valence-electron chi connectivity index (χ3n) is 2.60. The normalized spacial score (nSPS) is 9.80. The molecule has 2 aromatic rings. The minimum Gasteiger partial charge on any atom is -0.489 e. The highest BCUT2D eigenvalue weighted by Gasteiger charge is 2.13. The van der Waals surface area contributed by atoms with Crippen molar-refractivity contribution in [2.75, 3.05) is 0 Å². The molecule has 2 rings (SSSR count). The van der Waals surface area contributed by atoms with E-state index < -0.39 is 4.92 Å². The molecule has 0 spiro atoms. The van der Waals surface area contributed by atoms with E-state index in [0.717, 1.165) is 5.56 Å². The minimum atomic E-state index is -0.559. The summed E-state index contributed by atoms with van der Waals surface area (Å²) in [5.74, 6) is 0.366. The highest BCUT2D eigenvalue weighted by Crippen LogP contribution is 2.28. The lowest BCUT2D eigenvalue weighted by molar-refractivity contribution is -0.384. The maximum atomic E-state index is 10.8. The molecule has 0 heterocycles. The first-order valence-corrected chi connectivity index (χ1v) is 6.04. The molecule has 0 aromatic heterocycles. The Hall–Kier alpha value is -2.58. The second-order valence-corrected chi connectivity index (χ2v) is 4.37. The molecule has 0 N–H and O–H groups in total. The van der Waals surface area contributed by atoms with Crippen LogP contribution in [0.4, 0.5) is 5.69 Å².